The Balaban J connectivity index is 2.44. The van der Waals surface area contributed by atoms with E-state index in [1.54, 1.807) is 0 Å². The second-order valence-corrected chi connectivity index (χ2v) is 4.88. The van der Waals surface area contributed by atoms with Crippen LogP contribution in [0.4, 0.5) is 5.69 Å². The molecule has 1 aromatic carbocycles. The molecule has 17 heavy (non-hydrogen) atoms. The molecule has 0 radical (unpaired) electrons. The Morgan fingerprint density at radius 2 is 2.00 bits per heavy atom. The van der Waals surface area contributed by atoms with Gasteiger partial charge < -0.3 is 15.7 Å². The molecule has 3 N–H and O–H groups in total. The second-order valence-electron chi connectivity index (χ2n) is 4.88. The molecule has 1 unspecified atom stereocenters. The van der Waals surface area contributed by atoms with Gasteiger partial charge in [-0.25, -0.2) is 0 Å². The van der Waals surface area contributed by atoms with Crippen molar-refractivity contribution in [2.75, 3.05) is 19.0 Å². The molecule has 4 nitrogen and oxygen atoms in total. The van der Waals surface area contributed by atoms with Crippen molar-refractivity contribution in [3.05, 3.63) is 29.8 Å². The van der Waals surface area contributed by atoms with Crippen molar-refractivity contribution in [3.8, 4) is 0 Å². The summed E-state index contributed by atoms with van der Waals surface area (Å²) in [5, 5.41) is 9.11. The van der Waals surface area contributed by atoms with Crippen LogP contribution >= 0.6 is 0 Å². The monoisotopic (exact) mass is 234 g/mol. The van der Waals surface area contributed by atoms with Crippen molar-refractivity contribution in [1.29, 1.82) is 0 Å². The van der Waals surface area contributed by atoms with Crippen LogP contribution in [-0.2, 0) is 10.2 Å². The molecular formula is C13H18N2O2. The molecule has 1 saturated carbocycles. The first-order valence-corrected chi connectivity index (χ1v) is 5.74. The average molecular weight is 234 g/mol. The number of carbonyl (C=O) groups is 1. The lowest BCUT2D eigenvalue weighted by molar-refractivity contribution is -0.139. The van der Waals surface area contributed by atoms with E-state index in [9.17, 15) is 4.79 Å². The highest BCUT2D eigenvalue weighted by molar-refractivity contribution is 5.78. The fourth-order valence-corrected chi connectivity index (χ4v) is 2.40. The minimum absolute atomic E-state index is 0.368. The fourth-order valence-electron chi connectivity index (χ4n) is 2.40. The van der Waals surface area contributed by atoms with Crippen LogP contribution in [0.5, 0.6) is 0 Å². The molecule has 1 atom stereocenters. The first-order chi connectivity index (χ1) is 7.99. The molecule has 1 fully saturated rings. The summed E-state index contributed by atoms with van der Waals surface area (Å²) in [5.41, 5.74) is 7.58. The molecule has 0 saturated heterocycles. The lowest BCUT2D eigenvalue weighted by Crippen LogP contribution is -2.42. The summed E-state index contributed by atoms with van der Waals surface area (Å²) in [7, 11) is 3.92. The van der Waals surface area contributed by atoms with Gasteiger partial charge in [0.15, 0.2) is 0 Å². The van der Waals surface area contributed by atoms with Crippen LogP contribution in [-0.4, -0.2) is 31.2 Å². The highest BCUT2D eigenvalue weighted by atomic mass is 16.4. The number of carboxylic acids is 1. The molecule has 0 aliphatic heterocycles. The quantitative estimate of drug-likeness (QED) is 0.821. The van der Waals surface area contributed by atoms with E-state index in [0.717, 1.165) is 24.1 Å². The number of hydrogen-bond donors (Lipinski definition) is 2. The van der Waals surface area contributed by atoms with Gasteiger partial charge in [-0.05, 0) is 24.5 Å². The molecule has 1 aromatic rings. The van der Waals surface area contributed by atoms with Crippen LogP contribution in [0.1, 0.15) is 18.4 Å². The Hall–Kier alpha value is -1.55. The molecule has 92 valence electrons. The first kappa shape index (κ1) is 11.9. The Morgan fingerprint density at radius 1 is 1.41 bits per heavy atom. The van der Waals surface area contributed by atoms with Gasteiger partial charge in [-0.15, -0.1) is 0 Å². The molecule has 1 aliphatic rings. The number of rotatable bonds is 4. The predicted octanol–water partition coefficient (Wildman–Crippen LogP) is 1.20. The van der Waals surface area contributed by atoms with Gasteiger partial charge in [0.2, 0.25) is 0 Å². The second kappa shape index (κ2) is 4.04. The maximum absolute atomic E-state index is 11.1. The average Bonchev–Trinajstić information content (AvgIpc) is 3.09. The molecule has 0 bridgehead atoms. The van der Waals surface area contributed by atoms with Gasteiger partial charge in [0.1, 0.15) is 6.04 Å². The summed E-state index contributed by atoms with van der Waals surface area (Å²) in [6.07, 6.45) is 1.70. The summed E-state index contributed by atoms with van der Waals surface area (Å²) in [6.45, 7) is 0. The highest BCUT2D eigenvalue weighted by Crippen LogP contribution is 2.53. The fraction of sp³-hybridized carbons (Fsp3) is 0.462. The van der Waals surface area contributed by atoms with Gasteiger partial charge in [-0.3, -0.25) is 4.79 Å². The standard InChI is InChI=1S/C13H18N2O2/c1-15(2)10-6-4-3-5-9(10)13(7-8-13)11(14)12(16)17/h3-6,11H,7-8,14H2,1-2H3,(H,16,17). The van der Waals surface area contributed by atoms with E-state index in [2.05, 4.69) is 0 Å². The van der Waals surface area contributed by atoms with Crippen LogP contribution < -0.4 is 10.6 Å². The van der Waals surface area contributed by atoms with Crippen molar-refractivity contribution >= 4 is 11.7 Å². The first-order valence-electron chi connectivity index (χ1n) is 5.74. The minimum atomic E-state index is -0.920. The van der Waals surface area contributed by atoms with Crippen LogP contribution in [0.25, 0.3) is 0 Å². The van der Waals surface area contributed by atoms with E-state index in [-0.39, 0.29) is 5.41 Å². The van der Waals surface area contributed by atoms with Crippen molar-refractivity contribution in [1.82, 2.24) is 0 Å². The van der Waals surface area contributed by atoms with E-state index in [1.807, 2.05) is 43.3 Å². The van der Waals surface area contributed by atoms with E-state index in [1.165, 1.54) is 0 Å². The van der Waals surface area contributed by atoms with E-state index in [4.69, 9.17) is 10.8 Å². The van der Waals surface area contributed by atoms with Crippen molar-refractivity contribution < 1.29 is 9.90 Å². The third-order valence-electron chi connectivity index (χ3n) is 3.57. The smallest absolute Gasteiger partial charge is 0.321 e. The highest BCUT2D eigenvalue weighted by Gasteiger charge is 2.53. The number of nitrogens with two attached hydrogens (primary N) is 1. The summed E-state index contributed by atoms with van der Waals surface area (Å²) < 4.78 is 0. The Morgan fingerprint density at radius 3 is 2.47 bits per heavy atom. The topological polar surface area (TPSA) is 66.6 Å². The molecule has 2 rings (SSSR count). The van der Waals surface area contributed by atoms with E-state index >= 15 is 0 Å². The van der Waals surface area contributed by atoms with Gasteiger partial charge in [0.25, 0.3) is 0 Å². The molecule has 0 amide bonds. The summed E-state index contributed by atoms with van der Waals surface area (Å²) in [6, 6.07) is 7.08. The van der Waals surface area contributed by atoms with Gasteiger partial charge in [-0.2, -0.15) is 0 Å². The number of benzene rings is 1. The molecule has 0 heterocycles. The summed E-state index contributed by atoms with van der Waals surface area (Å²) in [4.78, 5) is 13.1. The van der Waals surface area contributed by atoms with Crippen LogP contribution in [0.2, 0.25) is 0 Å². The van der Waals surface area contributed by atoms with Gasteiger partial charge in [0.05, 0.1) is 0 Å². The summed E-state index contributed by atoms with van der Waals surface area (Å²) in [5.74, 6) is -0.920. The zero-order valence-corrected chi connectivity index (χ0v) is 10.2. The van der Waals surface area contributed by atoms with Crippen LogP contribution in [0.3, 0.4) is 0 Å². The number of para-hydroxylation sites is 1. The number of anilines is 1. The zero-order valence-electron chi connectivity index (χ0n) is 10.2. The Bertz CT molecular complexity index is 439. The largest absolute Gasteiger partial charge is 0.480 e. The maximum Gasteiger partial charge on any atom is 0.321 e. The third kappa shape index (κ3) is 1.89. The molecular weight excluding hydrogens is 216 g/mol. The van der Waals surface area contributed by atoms with Crippen molar-refractivity contribution in [3.63, 3.8) is 0 Å². The van der Waals surface area contributed by atoms with Crippen molar-refractivity contribution in [2.45, 2.75) is 24.3 Å². The number of nitrogens with zero attached hydrogens (tertiary/aromatic N) is 1. The Kier molecular flexibility index (Phi) is 2.83. The number of aliphatic carboxylic acids is 1. The molecule has 0 aromatic heterocycles. The molecule has 1 aliphatic carbocycles. The molecule has 0 spiro atoms. The molecule has 4 heteroatoms. The van der Waals surface area contributed by atoms with Gasteiger partial charge >= 0.3 is 5.97 Å². The van der Waals surface area contributed by atoms with E-state index in [0.29, 0.717) is 0 Å². The SMILES string of the molecule is CN(C)c1ccccc1C1(C(N)C(=O)O)CC1. The van der Waals surface area contributed by atoms with Gasteiger partial charge in [0, 0.05) is 25.2 Å². The predicted molar refractivity (Wildman–Crippen MR) is 67.3 cm³/mol. The van der Waals surface area contributed by atoms with E-state index < -0.39 is 12.0 Å². The summed E-state index contributed by atoms with van der Waals surface area (Å²) >= 11 is 0. The van der Waals surface area contributed by atoms with Crippen LogP contribution in [0, 0.1) is 0 Å². The number of hydrogen-bond acceptors (Lipinski definition) is 3. The Labute approximate surface area is 101 Å². The maximum atomic E-state index is 11.1. The van der Waals surface area contributed by atoms with Crippen molar-refractivity contribution in [2.24, 2.45) is 5.73 Å². The van der Waals surface area contributed by atoms with Gasteiger partial charge in [-0.1, -0.05) is 18.2 Å². The number of carboxylic acid groups (broad SMARTS) is 1. The lowest BCUT2D eigenvalue weighted by atomic mass is 9.87. The normalized spacial score (nSPS) is 18.5. The van der Waals surface area contributed by atoms with Crippen LogP contribution in [0.15, 0.2) is 24.3 Å². The minimum Gasteiger partial charge on any atom is -0.480 e. The third-order valence-corrected chi connectivity index (χ3v) is 3.57. The zero-order chi connectivity index (χ0) is 12.6. The lowest BCUT2D eigenvalue weighted by Gasteiger charge is -2.26.